The summed E-state index contributed by atoms with van der Waals surface area (Å²) in [7, 11) is 1.77. The zero-order valence-electron chi connectivity index (χ0n) is 8.37. The topological polar surface area (TPSA) is 38.0 Å². The van der Waals surface area contributed by atoms with Crippen LogP contribution in [0.2, 0.25) is 5.02 Å². The van der Waals surface area contributed by atoms with Crippen LogP contribution in [0.5, 0.6) is 0 Å². The van der Waals surface area contributed by atoms with Gasteiger partial charge < -0.3 is 5.11 Å². The van der Waals surface area contributed by atoms with Gasteiger partial charge in [0.05, 0.1) is 16.9 Å². The number of hydrogen-bond acceptors (Lipinski definition) is 2. The Balaban J connectivity index is 3.08. The highest BCUT2D eigenvalue weighted by molar-refractivity contribution is 6.31. The first-order chi connectivity index (χ1) is 5.84. The van der Waals surface area contributed by atoms with Crippen molar-refractivity contribution >= 4 is 11.6 Å². The molecule has 0 bridgehead atoms. The summed E-state index contributed by atoms with van der Waals surface area (Å²) in [6.07, 6.45) is 0.957. The standard InChI is InChI=1S/C9H15ClN2O/c1-9(2,3)8(13)7-6(10)5-11-12(7)4/h5,8,13H,1-4H3. The van der Waals surface area contributed by atoms with E-state index in [0.717, 1.165) is 0 Å². The predicted molar refractivity (Wildman–Crippen MR) is 52.6 cm³/mol. The van der Waals surface area contributed by atoms with Crippen LogP contribution >= 0.6 is 11.6 Å². The number of halogens is 1. The van der Waals surface area contributed by atoms with Crippen molar-refractivity contribution in [3.05, 3.63) is 16.9 Å². The van der Waals surface area contributed by atoms with Crippen LogP contribution in [0.1, 0.15) is 32.6 Å². The van der Waals surface area contributed by atoms with Crippen LogP contribution in [0.15, 0.2) is 6.20 Å². The minimum Gasteiger partial charge on any atom is -0.386 e. The van der Waals surface area contributed by atoms with Gasteiger partial charge in [0.15, 0.2) is 0 Å². The molecular formula is C9H15ClN2O. The van der Waals surface area contributed by atoms with Crippen LogP contribution in [0.3, 0.4) is 0 Å². The predicted octanol–water partition coefficient (Wildman–Crippen LogP) is 2.15. The summed E-state index contributed by atoms with van der Waals surface area (Å²) in [4.78, 5) is 0. The lowest BCUT2D eigenvalue weighted by Gasteiger charge is -2.26. The molecule has 1 rings (SSSR count). The van der Waals surface area contributed by atoms with E-state index >= 15 is 0 Å². The lowest BCUT2D eigenvalue weighted by Crippen LogP contribution is -2.20. The van der Waals surface area contributed by atoms with Crippen LogP contribution in [-0.2, 0) is 7.05 Å². The monoisotopic (exact) mass is 202 g/mol. The molecule has 0 amide bonds. The minimum absolute atomic E-state index is 0.225. The number of aliphatic hydroxyl groups is 1. The average molecular weight is 203 g/mol. The molecule has 1 aromatic heterocycles. The van der Waals surface area contributed by atoms with Crippen molar-refractivity contribution in [3.8, 4) is 0 Å². The molecule has 1 heterocycles. The Kier molecular flexibility index (Phi) is 2.68. The first-order valence-corrected chi connectivity index (χ1v) is 4.57. The highest BCUT2D eigenvalue weighted by atomic mass is 35.5. The molecule has 13 heavy (non-hydrogen) atoms. The van der Waals surface area contributed by atoms with Crippen molar-refractivity contribution in [2.45, 2.75) is 26.9 Å². The maximum atomic E-state index is 9.96. The van der Waals surface area contributed by atoms with Gasteiger partial charge in [-0.3, -0.25) is 4.68 Å². The molecule has 0 aliphatic carbocycles. The van der Waals surface area contributed by atoms with Crippen molar-refractivity contribution in [1.82, 2.24) is 9.78 Å². The smallest absolute Gasteiger partial charge is 0.102 e. The van der Waals surface area contributed by atoms with Crippen LogP contribution in [-0.4, -0.2) is 14.9 Å². The highest BCUT2D eigenvalue weighted by Crippen LogP contribution is 2.35. The molecule has 1 unspecified atom stereocenters. The van der Waals surface area contributed by atoms with Crippen molar-refractivity contribution < 1.29 is 5.11 Å². The summed E-state index contributed by atoms with van der Waals surface area (Å²) in [6.45, 7) is 5.88. The third-order valence-corrected chi connectivity index (χ3v) is 2.31. The summed E-state index contributed by atoms with van der Waals surface area (Å²) in [5.74, 6) is 0. The normalized spacial score (nSPS) is 14.6. The molecule has 0 saturated carbocycles. The second-order valence-corrected chi connectivity index (χ2v) is 4.68. The molecule has 1 aromatic rings. The first kappa shape index (κ1) is 10.5. The second-order valence-electron chi connectivity index (χ2n) is 4.27. The van der Waals surface area contributed by atoms with Crippen LogP contribution in [0, 0.1) is 5.41 Å². The van der Waals surface area contributed by atoms with E-state index in [2.05, 4.69) is 5.10 Å². The van der Waals surface area contributed by atoms with Gasteiger partial charge in [-0.25, -0.2) is 0 Å². The van der Waals surface area contributed by atoms with E-state index < -0.39 is 6.10 Å². The Hall–Kier alpha value is -0.540. The molecule has 1 atom stereocenters. The van der Waals surface area contributed by atoms with E-state index in [1.165, 1.54) is 0 Å². The molecule has 0 aliphatic rings. The fourth-order valence-corrected chi connectivity index (χ4v) is 1.41. The minimum atomic E-state index is -0.590. The van der Waals surface area contributed by atoms with Gasteiger partial charge in [-0.1, -0.05) is 32.4 Å². The van der Waals surface area contributed by atoms with Gasteiger partial charge in [0.1, 0.15) is 6.10 Å². The van der Waals surface area contributed by atoms with Crippen LogP contribution in [0.25, 0.3) is 0 Å². The number of rotatable bonds is 1. The number of nitrogens with zero attached hydrogens (tertiary/aromatic N) is 2. The largest absolute Gasteiger partial charge is 0.386 e. The van der Waals surface area contributed by atoms with E-state index in [4.69, 9.17) is 11.6 Å². The molecular weight excluding hydrogens is 188 g/mol. The summed E-state index contributed by atoms with van der Waals surface area (Å²) in [6, 6.07) is 0. The fourth-order valence-electron chi connectivity index (χ4n) is 1.14. The second kappa shape index (κ2) is 3.31. The Morgan fingerprint density at radius 3 is 2.38 bits per heavy atom. The van der Waals surface area contributed by atoms with E-state index in [0.29, 0.717) is 10.7 Å². The van der Waals surface area contributed by atoms with Gasteiger partial charge in [0, 0.05) is 7.05 Å². The third-order valence-electron chi connectivity index (χ3n) is 2.02. The fraction of sp³-hybridized carbons (Fsp3) is 0.667. The summed E-state index contributed by atoms with van der Waals surface area (Å²) in [5.41, 5.74) is 0.450. The molecule has 0 aliphatic heterocycles. The molecule has 0 saturated heterocycles. The molecule has 0 aromatic carbocycles. The molecule has 74 valence electrons. The molecule has 4 heteroatoms. The van der Waals surface area contributed by atoms with Gasteiger partial charge in [-0.05, 0) is 5.41 Å². The first-order valence-electron chi connectivity index (χ1n) is 4.19. The average Bonchev–Trinajstić information content (AvgIpc) is 2.28. The SMILES string of the molecule is Cn1ncc(Cl)c1C(O)C(C)(C)C. The molecule has 1 N–H and O–H groups in total. The van der Waals surface area contributed by atoms with Crippen molar-refractivity contribution in [2.24, 2.45) is 12.5 Å². The Morgan fingerprint density at radius 1 is 1.54 bits per heavy atom. The number of aliphatic hydroxyl groups excluding tert-OH is 1. The van der Waals surface area contributed by atoms with Gasteiger partial charge in [-0.2, -0.15) is 5.10 Å². The Morgan fingerprint density at radius 2 is 2.08 bits per heavy atom. The number of hydrogen-bond donors (Lipinski definition) is 1. The van der Waals surface area contributed by atoms with Gasteiger partial charge in [0.2, 0.25) is 0 Å². The van der Waals surface area contributed by atoms with E-state index in [9.17, 15) is 5.11 Å². The molecule has 0 spiro atoms. The number of aryl methyl sites for hydroxylation is 1. The lowest BCUT2D eigenvalue weighted by molar-refractivity contribution is 0.0556. The maximum Gasteiger partial charge on any atom is 0.102 e. The van der Waals surface area contributed by atoms with Crippen molar-refractivity contribution in [3.63, 3.8) is 0 Å². The van der Waals surface area contributed by atoms with Crippen LogP contribution in [0.4, 0.5) is 0 Å². The Bertz CT molecular complexity index is 282. The van der Waals surface area contributed by atoms with E-state index in [1.54, 1.807) is 17.9 Å². The van der Waals surface area contributed by atoms with Crippen molar-refractivity contribution in [2.75, 3.05) is 0 Å². The zero-order valence-corrected chi connectivity index (χ0v) is 9.13. The summed E-state index contributed by atoms with van der Waals surface area (Å²) < 4.78 is 1.61. The molecule has 0 radical (unpaired) electrons. The highest BCUT2D eigenvalue weighted by Gasteiger charge is 2.28. The molecule has 3 nitrogen and oxygen atoms in total. The maximum absolute atomic E-state index is 9.96. The summed E-state index contributed by atoms with van der Waals surface area (Å²) >= 11 is 5.90. The van der Waals surface area contributed by atoms with Gasteiger partial charge >= 0.3 is 0 Å². The van der Waals surface area contributed by atoms with E-state index in [-0.39, 0.29) is 5.41 Å². The van der Waals surface area contributed by atoms with Crippen molar-refractivity contribution in [1.29, 1.82) is 0 Å². The lowest BCUT2D eigenvalue weighted by atomic mass is 9.87. The summed E-state index contributed by atoms with van der Waals surface area (Å²) in [5, 5.41) is 14.5. The van der Waals surface area contributed by atoms with Gasteiger partial charge in [-0.15, -0.1) is 0 Å². The Labute approximate surface area is 83.3 Å². The van der Waals surface area contributed by atoms with Crippen LogP contribution < -0.4 is 0 Å². The van der Waals surface area contributed by atoms with Gasteiger partial charge in [0.25, 0.3) is 0 Å². The number of aromatic nitrogens is 2. The molecule has 0 fully saturated rings. The third kappa shape index (κ3) is 2.03. The quantitative estimate of drug-likeness (QED) is 0.758. The zero-order chi connectivity index (χ0) is 10.2. The van der Waals surface area contributed by atoms with E-state index in [1.807, 2.05) is 20.8 Å².